The Morgan fingerprint density at radius 1 is 1.17 bits per heavy atom. The van der Waals surface area contributed by atoms with Crippen LogP contribution in [0.2, 0.25) is 5.02 Å². The Morgan fingerprint density at radius 2 is 2.06 bits per heavy atom. The van der Waals surface area contributed by atoms with Crippen molar-refractivity contribution in [3.8, 4) is 17.1 Å². The molecule has 0 aliphatic heterocycles. The Hall–Kier alpha value is -2.20. The third kappa shape index (κ3) is 1.87. The number of nitrogen functional groups attached to an aromatic ring is 1. The summed E-state index contributed by atoms with van der Waals surface area (Å²) in [4.78, 5) is 0. The predicted octanol–water partition coefficient (Wildman–Crippen LogP) is 3.37. The van der Waals surface area contributed by atoms with Crippen LogP contribution in [0.1, 0.15) is 0 Å². The van der Waals surface area contributed by atoms with Crippen LogP contribution in [0.4, 0.5) is 5.82 Å². The summed E-state index contributed by atoms with van der Waals surface area (Å²) in [7, 11) is 0. The monoisotopic (exact) mass is 259 g/mol. The van der Waals surface area contributed by atoms with Crippen LogP contribution in [0.3, 0.4) is 0 Å². The summed E-state index contributed by atoms with van der Waals surface area (Å²) in [6.07, 6.45) is 1.60. The molecule has 0 atom stereocenters. The van der Waals surface area contributed by atoms with Crippen molar-refractivity contribution in [2.75, 3.05) is 5.73 Å². The van der Waals surface area contributed by atoms with E-state index in [1.165, 1.54) is 0 Å². The van der Waals surface area contributed by atoms with E-state index in [-0.39, 0.29) is 0 Å². The molecule has 0 fully saturated rings. The maximum Gasteiger partial charge on any atom is 0.154 e. The molecule has 0 aliphatic carbocycles. The van der Waals surface area contributed by atoms with Crippen LogP contribution in [0.15, 0.2) is 53.1 Å². The second-order valence-electron chi connectivity index (χ2n) is 3.82. The van der Waals surface area contributed by atoms with Crippen molar-refractivity contribution in [2.24, 2.45) is 0 Å². The lowest BCUT2D eigenvalue weighted by atomic mass is 10.3. The molecule has 5 heteroatoms. The summed E-state index contributed by atoms with van der Waals surface area (Å²) in [5.41, 5.74) is 7.45. The van der Waals surface area contributed by atoms with Gasteiger partial charge in [-0.25, -0.2) is 4.68 Å². The minimum atomic E-state index is 0.531. The molecule has 90 valence electrons. The SMILES string of the molecule is Nc1cc(-c2ccco2)nn1-c1cccc(Cl)c1. The largest absolute Gasteiger partial charge is 0.463 e. The zero-order chi connectivity index (χ0) is 12.5. The van der Waals surface area contributed by atoms with Crippen LogP contribution in [0.5, 0.6) is 0 Å². The lowest BCUT2D eigenvalue weighted by Crippen LogP contribution is -2.01. The van der Waals surface area contributed by atoms with Gasteiger partial charge in [-0.1, -0.05) is 17.7 Å². The number of hydrogen-bond donors (Lipinski definition) is 1. The molecule has 0 aliphatic rings. The van der Waals surface area contributed by atoms with E-state index in [1.54, 1.807) is 29.1 Å². The molecule has 4 nitrogen and oxygen atoms in total. The fourth-order valence-corrected chi connectivity index (χ4v) is 1.94. The maximum atomic E-state index is 5.95. The molecular weight excluding hydrogens is 250 g/mol. The molecule has 0 bridgehead atoms. The Kier molecular flexibility index (Phi) is 2.57. The normalized spacial score (nSPS) is 10.7. The zero-order valence-corrected chi connectivity index (χ0v) is 10.1. The lowest BCUT2D eigenvalue weighted by molar-refractivity contribution is 0.579. The smallest absolute Gasteiger partial charge is 0.154 e. The number of rotatable bonds is 2. The van der Waals surface area contributed by atoms with Crippen LogP contribution in [-0.4, -0.2) is 9.78 Å². The number of hydrogen-bond acceptors (Lipinski definition) is 3. The van der Waals surface area contributed by atoms with Crippen LogP contribution < -0.4 is 5.73 Å². The summed E-state index contributed by atoms with van der Waals surface area (Å²) in [6, 6.07) is 12.8. The van der Waals surface area contributed by atoms with Crippen LogP contribution in [0.25, 0.3) is 17.1 Å². The predicted molar refractivity (Wildman–Crippen MR) is 70.7 cm³/mol. The van der Waals surface area contributed by atoms with Gasteiger partial charge in [0.15, 0.2) is 5.76 Å². The van der Waals surface area contributed by atoms with Crippen LogP contribution in [-0.2, 0) is 0 Å². The number of nitrogens with zero attached hydrogens (tertiary/aromatic N) is 2. The Bertz CT molecular complexity index is 673. The van der Waals surface area contributed by atoms with Gasteiger partial charge in [0.1, 0.15) is 11.5 Å². The number of aromatic nitrogens is 2. The van der Waals surface area contributed by atoms with Gasteiger partial charge < -0.3 is 10.2 Å². The van der Waals surface area contributed by atoms with E-state index in [4.69, 9.17) is 21.8 Å². The van der Waals surface area contributed by atoms with Crippen molar-refractivity contribution in [3.63, 3.8) is 0 Å². The van der Waals surface area contributed by atoms with E-state index in [0.29, 0.717) is 22.3 Å². The molecule has 2 N–H and O–H groups in total. The Balaban J connectivity index is 2.09. The van der Waals surface area contributed by atoms with Gasteiger partial charge in [0, 0.05) is 11.1 Å². The van der Waals surface area contributed by atoms with E-state index < -0.39 is 0 Å². The Labute approximate surface area is 109 Å². The zero-order valence-electron chi connectivity index (χ0n) is 9.38. The first kappa shape index (κ1) is 10.9. The van der Waals surface area contributed by atoms with E-state index in [1.807, 2.05) is 24.3 Å². The fraction of sp³-hybridized carbons (Fsp3) is 0. The minimum absolute atomic E-state index is 0.531. The van der Waals surface area contributed by atoms with E-state index >= 15 is 0 Å². The van der Waals surface area contributed by atoms with Crippen molar-refractivity contribution < 1.29 is 4.42 Å². The van der Waals surface area contributed by atoms with Gasteiger partial charge in [0.25, 0.3) is 0 Å². The van der Waals surface area contributed by atoms with Crippen molar-refractivity contribution >= 4 is 17.4 Å². The van der Waals surface area contributed by atoms with Crippen molar-refractivity contribution in [2.45, 2.75) is 0 Å². The Morgan fingerprint density at radius 3 is 2.78 bits per heavy atom. The standard InChI is InChI=1S/C13H10ClN3O/c14-9-3-1-4-10(7-9)17-13(15)8-11(16-17)12-5-2-6-18-12/h1-8H,15H2. The molecule has 0 unspecified atom stereocenters. The first-order valence-electron chi connectivity index (χ1n) is 5.39. The van der Waals surface area contributed by atoms with E-state index in [9.17, 15) is 0 Å². The molecule has 0 amide bonds. The molecule has 0 saturated carbocycles. The van der Waals surface area contributed by atoms with Crippen LogP contribution in [0, 0.1) is 0 Å². The molecule has 0 spiro atoms. The first-order chi connectivity index (χ1) is 8.74. The molecule has 2 aromatic heterocycles. The summed E-state index contributed by atoms with van der Waals surface area (Å²) in [5, 5.41) is 5.04. The molecule has 3 rings (SSSR count). The van der Waals surface area contributed by atoms with Gasteiger partial charge in [-0.15, -0.1) is 0 Å². The first-order valence-corrected chi connectivity index (χ1v) is 5.77. The van der Waals surface area contributed by atoms with Gasteiger partial charge in [0.05, 0.1) is 12.0 Å². The fourth-order valence-electron chi connectivity index (χ4n) is 1.75. The molecule has 2 heterocycles. The maximum absolute atomic E-state index is 5.95. The number of anilines is 1. The molecule has 0 saturated heterocycles. The van der Waals surface area contributed by atoms with Gasteiger partial charge >= 0.3 is 0 Å². The highest BCUT2D eigenvalue weighted by molar-refractivity contribution is 6.30. The van der Waals surface area contributed by atoms with Crippen molar-refractivity contribution in [1.82, 2.24) is 9.78 Å². The number of halogens is 1. The van der Waals surface area contributed by atoms with Crippen LogP contribution >= 0.6 is 11.6 Å². The number of benzene rings is 1. The van der Waals surface area contributed by atoms with Crippen molar-refractivity contribution in [3.05, 3.63) is 53.8 Å². The number of nitrogens with two attached hydrogens (primary N) is 1. The third-order valence-corrected chi connectivity index (χ3v) is 2.80. The van der Waals surface area contributed by atoms with Gasteiger partial charge in [-0.2, -0.15) is 5.10 Å². The van der Waals surface area contributed by atoms with Gasteiger partial charge in [-0.3, -0.25) is 0 Å². The summed E-state index contributed by atoms with van der Waals surface area (Å²) in [6.45, 7) is 0. The highest BCUT2D eigenvalue weighted by Gasteiger charge is 2.10. The average Bonchev–Trinajstić information content (AvgIpc) is 2.97. The molecular formula is C13H10ClN3O. The summed E-state index contributed by atoms with van der Waals surface area (Å²) in [5.74, 6) is 1.21. The molecule has 18 heavy (non-hydrogen) atoms. The summed E-state index contributed by atoms with van der Waals surface area (Å²) >= 11 is 5.95. The molecule has 1 aromatic carbocycles. The van der Waals surface area contributed by atoms with Gasteiger partial charge in [-0.05, 0) is 30.3 Å². The van der Waals surface area contributed by atoms with E-state index in [0.717, 1.165) is 5.69 Å². The minimum Gasteiger partial charge on any atom is -0.463 e. The highest BCUT2D eigenvalue weighted by Crippen LogP contribution is 2.24. The quantitative estimate of drug-likeness (QED) is 0.768. The second-order valence-corrected chi connectivity index (χ2v) is 4.26. The average molecular weight is 260 g/mol. The van der Waals surface area contributed by atoms with E-state index in [2.05, 4.69) is 5.10 Å². The molecule has 0 radical (unpaired) electrons. The third-order valence-electron chi connectivity index (χ3n) is 2.56. The topological polar surface area (TPSA) is 57.0 Å². The second kappa shape index (κ2) is 4.23. The van der Waals surface area contributed by atoms with Crippen molar-refractivity contribution in [1.29, 1.82) is 0 Å². The summed E-state index contributed by atoms with van der Waals surface area (Å²) < 4.78 is 6.92. The number of furan rings is 1. The lowest BCUT2D eigenvalue weighted by Gasteiger charge is -2.03. The molecule has 3 aromatic rings. The van der Waals surface area contributed by atoms with Gasteiger partial charge in [0.2, 0.25) is 0 Å². The highest BCUT2D eigenvalue weighted by atomic mass is 35.5.